The number of hydrogen-bond donors (Lipinski definition) is 1. The van der Waals surface area contributed by atoms with Crippen LogP contribution in [-0.2, 0) is 4.79 Å². The molecule has 0 aromatic carbocycles. The zero-order valence-corrected chi connectivity index (χ0v) is 5.01. The van der Waals surface area contributed by atoms with Crippen LogP contribution in [0.3, 0.4) is 0 Å². The summed E-state index contributed by atoms with van der Waals surface area (Å²) >= 11 is 0. The average molecular weight is 122 g/mol. The number of hydrogen-bond acceptors (Lipinski definition) is 1. The summed E-state index contributed by atoms with van der Waals surface area (Å²) in [5, 5.41) is 8.10. The van der Waals surface area contributed by atoms with Crippen molar-refractivity contribution in [2.24, 2.45) is 5.41 Å². The van der Waals surface area contributed by atoms with Gasteiger partial charge in [-0.3, -0.25) is 0 Å². The SMILES string of the molecule is CC1(C#CC(=O)O)C=C1. The molecule has 0 saturated heterocycles. The fraction of sp³-hybridized carbons (Fsp3) is 0.286. The van der Waals surface area contributed by atoms with E-state index in [0.717, 1.165) is 0 Å². The van der Waals surface area contributed by atoms with E-state index in [9.17, 15) is 4.79 Å². The first-order chi connectivity index (χ1) is 4.12. The molecule has 2 heteroatoms. The Hall–Kier alpha value is -1.23. The molecule has 0 aliphatic heterocycles. The highest BCUT2D eigenvalue weighted by Crippen LogP contribution is 2.31. The predicted octanol–water partition coefficient (Wildman–Crippen LogP) is 0.651. The van der Waals surface area contributed by atoms with E-state index in [-0.39, 0.29) is 5.41 Å². The third kappa shape index (κ3) is 1.61. The summed E-state index contributed by atoms with van der Waals surface area (Å²) in [5.74, 6) is 3.56. The van der Waals surface area contributed by atoms with Crippen molar-refractivity contribution in [3.63, 3.8) is 0 Å². The lowest BCUT2D eigenvalue weighted by atomic mass is 10.1. The molecule has 9 heavy (non-hydrogen) atoms. The van der Waals surface area contributed by atoms with Crippen LogP contribution in [0.1, 0.15) is 6.92 Å². The maximum atomic E-state index is 9.87. The second-order valence-electron chi connectivity index (χ2n) is 2.17. The highest BCUT2D eigenvalue weighted by Gasteiger charge is 2.24. The molecule has 46 valence electrons. The van der Waals surface area contributed by atoms with Gasteiger partial charge in [-0.15, -0.1) is 0 Å². The minimum Gasteiger partial charge on any atom is -0.472 e. The van der Waals surface area contributed by atoms with E-state index in [1.807, 2.05) is 19.1 Å². The lowest BCUT2D eigenvalue weighted by molar-refractivity contribution is -0.130. The lowest BCUT2D eigenvalue weighted by Gasteiger charge is -1.90. The van der Waals surface area contributed by atoms with Gasteiger partial charge in [0.15, 0.2) is 0 Å². The monoisotopic (exact) mass is 122 g/mol. The van der Waals surface area contributed by atoms with Crippen molar-refractivity contribution in [1.82, 2.24) is 0 Å². The van der Waals surface area contributed by atoms with Crippen LogP contribution < -0.4 is 0 Å². The summed E-state index contributed by atoms with van der Waals surface area (Å²) in [4.78, 5) is 9.87. The van der Waals surface area contributed by atoms with Crippen molar-refractivity contribution in [1.29, 1.82) is 0 Å². The summed E-state index contributed by atoms with van der Waals surface area (Å²) in [7, 11) is 0. The normalized spacial score (nSPS) is 17.9. The molecule has 0 spiro atoms. The van der Waals surface area contributed by atoms with Crippen molar-refractivity contribution in [2.75, 3.05) is 0 Å². The number of carboxylic acids is 1. The first-order valence-corrected chi connectivity index (χ1v) is 2.59. The van der Waals surface area contributed by atoms with Crippen LogP contribution >= 0.6 is 0 Å². The summed E-state index contributed by atoms with van der Waals surface area (Å²) in [6, 6.07) is 0. The molecule has 0 fully saturated rings. The molecule has 2 nitrogen and oxygen atoms in total. The fourth-order valence-corrected chi connectivity index (χ4v) is 0.396. The highest BCUT2D eigenvalue weighted by atomic mass is 16.4. The number of aliphatic carboxylic acids is 1. The van der Waals surface area contributed by atoms with E-state index in [0.29, 0.717) is 0 Å². The summed E-state index contributed by atoms with van der Waals surface area (Å²) in [6.07, 6.45) is 3.73. The zero-order valence-electron chi connectivity index (χ0n) is 5.01. The molecule has 0 radical (unpaired) electrons. The van der Waals surface area contributed by atoms with E-state index >= 15 is 0 Å². The van der Waals surface area contributed by atoms with E-state index in [4.69, 9.17) is 5.11 Å². The third-order valence-corrected chi connectivity index (χ3v) is 1.11. The van der Waals surface area contributed by atoms with E-state index in [2.05, 4.69) is 11.8 Å². The van der Waals surface area contributed by atoms with Gasteiger partial charge >= 0.3 is 5.97 Å². The van der Waals surface area contributed by atoms with Gasteiger partial charge in [0.1, 0.15) is 0 Å². The first kappa shape index (κ1) is 5.90. The molecule has 0 aromatic rings. The van der Waals surface area contributed by atoms with Gasteiger partial charge in [0.05, 0.1) is 5.41 Å². The van der Waals surface area contributed by atoms with E-state index in [1.165, 1.54) is 0 Å². The van der Waals surface area contributed by atoms with Gasteiger partial charge in [0.2, 0.25) is 0 Å². The number of carboxylic acid groups (broad SMARTS) is 1. The Morgan fingerprint density at radius 2 is 2.22 bits per heavy atom. The van der Waals surface area contributed by atoms with Crippen LogP contribution in [0, 0.1) is 17.3 Å². The number of rotatable bonds is 0. The van der Waals surface area contributed by atoms with Gasteiger partial charge < -0.3 is 5.11 Å². The molecule has 1 N–H and O–H groups in total. The summed E-state index contributed by atoms with van der Waals surface area (Å²) in [6.45, 7) is 1.86. The number of carbonyl (C=O) groups is 1. The molecule has 1 aliphatic rings. The van der Waals surface area contributed by atoms with Crippen molar-refractivity contribution < 1.29 is 9.90 Å². The van der Waals surface area contributed by atoms with Crippen LogP contribution in [0.4, 0.5) is 0 Å². The van der Waals surface area contributed by atoms with Gasteiger partial charge in [0.25, 0.3) is 0 Å². The van der Waals surface area contributed by atoms with Crippen molar-refractivity contribution in [2.45, 2.75) is 6.92 Å². The molecule has 1 aliphatic carbocycles. The van der Waals surface area contributed by atoms with Gasteiger partial charge in [-0.25, -0.2) is 4.79 Å². The lowest BCUT2D eigenvalue weighted by Crippen LogP contribution is -1.93. The molecule has 0 bridgehead atoms. The van der Waals surface area contributed by atoms with Crippen LogP contribution in [0.5, 0.6) is 0 Å². The fourth-order valence-electron chi connectivity index (χ4n) is 0.396. The minimum absolute atomic E-state index is 0.210. The topological polar surface area (TPSA) is 37.3 Å². The second kappa shape index (κ2) is 1.63. The van der Waals surface area contributed by atoms with Gasteiger partial charge in [-0.2, -0.15) is 0 Å². The van der Waals surface area contributed by atoms with Crippen LogP contribution in [0.25, 0.3) is 0 Å². The van der Waals surface area contributed by atoms with Crippen LogP contribution in [-0.4, -0.2) is 11.1 Å². The molecule has 0 heterocycles. The van der Waals surface area contributed by atoms with E-state index in [1.54, 1.807) is 0 Å². The molecule has 0 aromatic heterocycles. The van der Waals surface area contributed by atoms with Crippen molar-refractivity contribution in [3.8, 4) is 11.8 Å². The molecule has 0 unspecified atom stereocenters. The highest BCUT2D eigenvalue weighted by molar-refractivity contribution is 5.86. The molecule has 0 amide bonds. The Labute approximate surface area is 53.2 Å². The Morgan fingerprint density at radius 1 is 1.67 bits per heavy atom. The molecule has 1 rings (SSSR count). The maximum Gasteiger partial charge on any atom is 0.381 e. The van der Waals surface area contributed by atoms with Crippen LogP contribution in [0.15, 0.2) is 12.2 Å². The smallest absolute Gasteiger partial charge is 0.381 e. The maximum absolute atomic E-state index is 9.87. The zero-order chi connectivity index (χ0) is 6.91. The number of allylic oxidation sites excluding steroid dienone is 2. The molecular formula is C7H6O2. The van der Waals surface area contributed by atoms with Crippen molar-refractivity contribution in [3.05, 3.63) is 12.2 Å². The third-order valence-electron chi connectivity index (χ3n) is 1.11. The Bertz CT molecular complexity index is 221. The quantitative estimate of drug-likeness (QED) is 0.378. The largest absolute Gasteiger partial charge is 0.472 e. The predicted molar refractivity (Wildman–Crippen MR) is 32.7 cm³/mol. The van der Waals surface area contributed by atoms with Gasteiger partial charge in [-0.1, -0.05) is 18.1 Å². The van der Waals surface area contributed by atoms with Gasteiger partial charge in [0, 0.05) is 5.92 Å². The second-order valence-corrected chi connectivity index (χ2v) is 2.17. The standard InChI is InChI=1S/C7H6O2/c1-7(4-5-7)3-2-6(8)9/h4-5H,1H3,(H,8,9). The molecular weight excluding hydrogens is 116 g/mol. The Balaban J connectivity index is 2.53. The Morgan fingerprint density at radius 3 is 2.56 bits per heavy atom. The first-order valence-electron chi connectivity index (χ1n) is 2.59. The minimum atomic E-state index is -1.06. The molecule has 0 atom stereocenters. The van der Waals surface area contributed by atoms with Crippen LogP contribution in [0.2, 0.25) is 0 Å². The average Bonchev–Trinajstić information content (AvgIpc) is 2.45. The summed E-state index contributed by atoms with van der Waals surface area (Å²) in [5.41, 5.74) is -0.210. The summed E-state index contributed by atoms with van der Waals surface area (Å²) < 4.78 is 0. The van der Waals surface area contributed by atoms with Crippen molar-refractivity contribution >= 4 is 5.97 Å². The van der Waals surface area contributed by atoms with E-state index < -0.39 is 5.97 Å². The molecule has 0 saturated carbocycles. The Kier molecular flexibility index (Phi) is 1.07. The van der Waals surface area contributed by atoms with Gasteiger partial charge in [-0.05, 0) is 6.92 Å².